The lowest BCUT2D eigenvalue weighted by Crippen LogP contribution is -2.43. The van der Waals surface area contributed by atoms with Gasteiger partial charge in [0.05, 0.1) is 14.8 Å². The van der Waals surface area contributed by atoms with Crippen LogP contribution in [0.1, 0.15) is 0 Å². The van der Waals surface area contributed by atoms with Gasteiger partial charge in [0.15, 0.2) is 0 Å². The van der Waals surface area contributed by atoms with E-state index in [1.54, 1.807) is 30.5 Å². The standard InChI is InChI=1S/C19H20ClN3O2S/c1-22-13-19(26(24,25)18-5-3-2-4-16(18)20)15-12-14(6-7-17(15)22)23-10-8-21-9-11-23/h2-7,12-13,21H,8-11H2,1H3. The van der Waals surface area contributed by atoms with E-state index in [-0.39, 0.29) is 9.92 Å². The van der Waals surface area contributed by atoms with Gasteiger partial charge in [-0.15, -0.1) is 0 Å². The van der Waals surface area contributed by atoms with E-state index in [0.717, 1.165) is 42.8 Å². The first kappa shape index (κ1) is 17.4. The number of sulfone groups is 1. The summed E-state index contributed by atoms with van der Waals surface area (Å²) in [4.78, 5) is 2.70. The lowest BCUT2D eigenvalue weighted by molar-refractivity contribution is 0.589. The Morgan fingerprint density at radius 3 is 2.50 bits per heavy atom. The highest BCUT2D eigenvalue weighted by atomic mass is 35.5. The van der Waals surface area contributed by atoms with Crippen molar-refractivity contribution in [3.8, 4) is 0 Å². The highest BCUT2D eigenvalue weighted by molar-refractivity contribution is 7.91. The van der Waals surface area contributed by atoms with Crippen molar-refractivity contribution in [3.63, 3.8) is 0 Å². The first-order chi connectivity index (χ1) is 12.5. The number of hydrogen-bond acceptors (Lipinski definition) is 4. The van der Waals surface area contributed by atoms with Crippen LogP contribution in [0.15, 0.2) is 58.5 Å². The molecule has 1 aromatic heterocycles. The van der Waals surface area contributed by atoms with Gasteiger partial charge >= 0.3 is 0 Å². The smallest absolute Gasteiger partial charge is 0.210 e. The van der Waals surface area contributed by atoms with Gasteiger partial charge in [-0.05, 0) is 30.3 Å². The number of aromatic nitrogens is 1. The molecule has 1 aliphatic rings. The van der Waals surface area contributed by atoms with Crippen molar-refractivity contribution >= 4 is 38.0 Å². The van der Waals surface area contributed by atoms with Crippen LogP contribution < -0.4 is 10.2 Å². The Hall–Kier alpha value is -2.02. The van der Waals surface area contributed by atoms with E-state index in [4.69, 9.17) is 11.6 Å². The van der Waals surface area contributed by atoms with Crippen molar-refractivity contribution < 1.29 is 8.42 Å². The van der Waals surface area contributed by atoms with Gasteiger partial charge in [0.25, 0.3) is 0 Å². The van der Waals surface area contributed by atoms with E-state index in [0.29, 0.717) is 4.90 Å². The predicted octanol–water partition coefficient (Wildman–Crippen LogP) is 3.07. The maximum absolute atomic E-state index is 13.2. The number of nitrogens with zero attached hydrogens (tertiary/aromatic N) is 2. The van der Waals surface area contributed by atoms with Gasteiger partial charge in [-0.25, -0.2) is 8.42 Å². The second-order valence-electron chi connectivity index (χ2n) is 6.48. The highest BCUT2D eigenvalue weighted by Gasteiger charge is 2.25. The summed E-state index contributed by atoms with van der Waals surface area (Å²) in [5.74, 6) is 0. The Labute approximate surface area is 158 Å². The molecular formula is C19H20ClN3O2S. The van der Waals surface area contributed by atoms with Crippen LogP contribution in [0.2, 0.25) is 5.02 Å². The molecule has 0 spiro atoms. The zero-order valence-electron chi connectivity index (χ0n) is 14.4. The molecule has 0 radical (unpaired) electrons. The lowest BCUT2D eigenvalue weighted by atomic mass is 10.2. The van der Waals surface area contributed by atoms with Gasteiger partial charge in [0.2, 0.25) is 9.84 Å². The zero-order valence-corrected chi connectivity index (χ0v) is 16.0. The summed E-state index contributed by atoms with van der Waals surface area (Å²) in [6.45, 7) is 3.67. The molecule has 0 saturated carbocycles. The van der Waals surface area contributed by atoms with Crippen molar-refractivity contribution in [1.82, 2.24) is 9.88 Å². The van der Waals surface area contributed by atoms with Crippen LogP contribution in [-0.4, -0.2) is 39.2 Å². The highest BCUT2D eigenvalue weighted by Crippen LogP contribution is 2.34. The third kappa shape index (κ3) is 2.88. The maximum atomic E-state index is 13.2. The average molecular weight is 390 g/mol. The summed E-state index contributed by atoms with van der Waals surface area (Å²) >= 11 is 6.17. The second kappa shape index (κ2) is 6.61. The van der Waals surface area contributed by atoms with Gasteiger partial charge in [0, 0.05) is 56.0 Å². The largest absolute Gasteiger partial charge is 0.369 e. The molecular weight excluding hydrogens is 370 g/mol. The van der Waals surface area contributed by atoms with Crippen molar-refractivity contribution in [2.45, 2.75) is 9.79 Å². The fourth-order valence-electron chi connectivity index (χ4n) is 3.46. The monoisotopic (exact) mass is 389 g/mol. The van der Waals surface area contributed by atoms with E-state index in [9.17, 15) is 8.42 Å². The fourth-order valence-corrected chi connectivity index (χ4v) is 5.47. The number of aryl methyl sites for hydroxylation is 1. The minimum absolute atomic E-state index is 0.141. The molecule has 1 aliphatic heterocycles. The Bertz CT molecular complexity index is 1070. The van der Waals surface area contributed by atoms with Crippen LogP contribution >= 0.6 is 11.6 Å². The van der Waals surface area contributed by atoms with Gasteiger partial charge < -0.3 is 14.8 Å². The Kier molecular flexibility index (Phi) is 4.42. The van der Waals surface area contributed by atoms with Crippen molar-refractivity contribution in [1.29, 1.82) is 0 Å². The molecule has 26 heavy (non-hydrogen) atoms. The summed E-state index contributed by atoms with van der Waals surface area (Å²) in [6.07, 6.45) is 1.67. The predicted molar refractivity (Wildman–Crippen MR) is 105 cm³/mol. The number of halogens is 1. The first-order valence-corrected chi connectivity index (χ1v) is 10.4. The molecule has 0 amide bonds. The maximum Gasteiger partial charge on any atom is 0.210 e. The van der Waals surface area contributed by atoms with Crippen LogP contribution in [0.5, 0.6) is 0 Å². The van der Waals surface area contributed by atoms with Crippen LogP contribution in [0, 0.1) is 0 Å². The fraction of sp³-hybridized carbons (Fsp3) is 0.263. The third-order valence-electron chi connectivity index (χ3n) is 4.83. The SMILES string of the molecule is Cn1cc(S(=O)(=O)c2ccccc2Cl)c2cc(N3CCNCC3)ccc21. The molecule has 136 valence electrons. The van der Waals surface area contributed by atoms with Gasteiger partial charge in [0.1, 0.15) is 0 Å². The molecule has 4 rings (SSSR count). The van der Waals surface area contributed by atoms with Crippen molar-refractivity contribution in [2.75, 3.05) is 31.1 Å². The Balaban J connectivity index is 1.88. The molecule has 1 N–H and O–H groups in total. The third-order valence-corrected chi connectivity index (χ3v) is 7.12. The zero-order chi connectivity index (χ0) is 18.3. The number of piperazine rings is 1. The molecule has 1 saturated heterocycles. The number of nitrogens with one attached hydrogen (secondary N) is 1. The molecule has 0 bridgehead atoms. The quantitative estimate of drug-likeness (QED) is 0.748. The Morgan fingerprint density at radius 2 is 1.77 bits per heavy atom. The average Bonchev–Trinajstić information content (AvgIpc) is 3.00. The second-order valence-corrected chi connectivity index (χ2v) is 8.77. The summed E-state index contributed by atoms with van der Waals surface area (Å²) in [5.41, 5.74) is 1.93. The normalized spacial score (nSPS) is 15.5. The minimum atomic E-state index is -3.71. The van der Waals surface area contributed by atoms with E-state index in [2.05, 4.69) is 16.3 Å². The van der Waals surface area contributed by atoms with Crippen molar-refractivity contribution in [3.05, 3.63) is 53.7 Å². The summed E-state index contributed by atoms with van der Waals surface area (Å²) in [6, 6.07) is 12.6. The topological polar surface area (TPSA) is 54.3 Å². The van der Waals surface area contributed by atoms with Gasteiger partial charge in [-0.1, -0.05) is 23.7 Å². The molecule has 1 fully saturated rings. The van der Waals surface area contributed by atoms with Crippen LogP contribution in [-0.2, 0) is 16.9 Å². The van der Waals surface area contributed by atoms with Crippen LogP contribution in [0.25, 0.3) is 10.9 Å². The number of anilines is 1. The van der Waals surface area contributed by atoms with E-state index in [1.165, 1.54) is 0 Å². The Morgan fingerprint density at radius 1 is 1.04 bits per heavy atom. The first-order valence-electron chi connectivity index (χ1n) is 8.53. The number of rotatable bonds is 3. The molecule has 2 aromatic carbocycles. The lowest BCUT2D eigenvalue weighted by Gasteiger charge is -2.29. The number of benzene rings is 2. The van der Waals surface area contributed by atoms with E-state index >= 15 is 0 Å². The van der Waals surface area contributed by atoms with E-state index in [1.807, 2.05) is 23.7 Å². The number of hydrogen-bond donors (Lipinski definition) is 1. The molecule has 3 aromatic rings. The van der Waals surface area contributed by atoms with Gasteiger partial charge in [-0.2, -0.15) is 0 Å². The molecule has 0 aliphatic carbocycles. The number of fused-ring (bicyclic) bond motifs is 1. The summed E-state index contributed by atoms with van der Waals surface area (Å²) < 4.78 is 28.3. The molecule has 0 unspecified atom stereocenters. The van der Waals surface area contributed by atoms with Gasteiger partial charge in [-0.3, -0.25) is 0 Å². The molecule has 0 atom stereocenters. The molecule has 7 heteroatoms. The van der Waals surface area contributed by atoms with Crippen molar-refractivity contribution in [2.24, 2.45) is 7.05 Å². The molecule has 2 heterocycles. The van der Waals surface area contributed by atoms with Crippen LogP contribution in [0.3, 0.4) is 0 Å². The molecule has 5 nitrogen and oxygen atoms in total. The van der Waals surface area contributed by atoms with E-state index < -0.39 is 9.84 Å². The summed E-state index contributed by atoms with van der Waals surface area (Å²) in [5, 5.41) is 4.30. The van der Waals surface area contributed by atoms with Crippen LogP contribution in [0.4, 0.5) is 5.69 Å². The minimum Gasteiger partial charge on any atom is -0.369 e. The summed E-state index contributed by atoms with van der Waals surface area (Å²) in [7, 11) is -1.85.